The van der Waals surface area contributed by atoms with E-state index in [-0.39, 0.29) is 12.4 Å². The van der Waals surface area contributed by atoms with Crippen molar-refractivity contribution in [1.82, 2.24) is 0 Å². The molecule has 0 amide bonds. The lowest BCUT2D eigenvalue weighted by Crippen LogP contribution is -2.13. The average molecular weight is 266 g/mol. The predicted molar refractivity (Wildman–Crippen MR) is 66.2 cm³/mol. The highest BCUT2D eigenvalue weighted by Crippen LogP contribution is 2.36. The van der Waals surface area contributed by atoms with E-state index in [0.717, 1.165) is 0 Å². The summed E-state index contributed by atoms with van der Waals surface area (Å²) >= 11 is 0. The molecule has 0 aliphatic heterocycles. The van der Waals surface area contributed by atoms with Crippen LogP contribution in [0.25, 0.3) is 0 Å². The fourth-order valence-corrected chi connectivity index (χ4v) is 1.43. The lowest BCUT2D eigenvalue weighted by atomic mass is 10.1. The van der Waals surface area contributed by atoms with Gasteiger partial charge in [-0.05, 0) is 6.07 Å². The van der Waals surface area contributed by atoms with Crippen molar-refractivity contribution in [2.45, 2.75) is 6.04 Å². The molecular formula is C11H17ClFNO3. The molecule has 0 aliphatic carbocycles. The minimum Gasteiger partial charge on any atom is -0.496 e. The molecule has 6 heteroatoms. The highest BCUT2D eigenvalue weighted by Gasteiger charge is 2.16. The fraction of sp³-hybridized carbons (Fsp3) is 0.455. The summed E-state index contributed by atoms with van der Waals surface area (Å²) in [6.45, 7) is -0.661. The van der Waals surface area contributed by atoms with Crippen LogP contribution in [0.2, 0.25) is 0 Å². The number of alkyl halides is 1. The number of hydrogen-bond acceptors (Lipinski definition) is 4. The van der Waals surface area contributed by atoms with Crippen LogP contribution < -0.4 is 19.9 Å². The summed E-state index contributed by atoms with van der Waals surface area (Å²) in [5.74, 6) is 1.51. The van der Waals surface area contributed by atoms with E-state index in [1.54, 1.807) is 12.1 Å². The first-order chi connectivity index (χ1) is 7.67. The van der Waals surface area contributed by atoms with Crippen molar-refractivity contribution >= 4 is 12.4 Å². The van der Waals surface area contributed by atoms with Gasteiger partial charge in [-0.3, -0.25) is 0 Å². The van der Waals surface area contributed by atoms with Crippen molar-refractivity contribution in [3.63, 3.8) is 0 Å². The molecule has 98 valence electrons. The first-order valence-corrected chi connectivity index (χ1v) is 4.79. The van der Waals surface area contributed by atoms with Gasteiger partial charge in [0.25, 0.3) is 0 Å². The molecule has 1 aromatic rings. The Kier molecular flexibility index (Phi) is 6.68. The van der Waals surface area contributed by atoms with Gasteiger partial charge in [0.2, 0.25) is 0 Å². The molecule has 2 N–H and O–H groups in total. The van der Waals surface area contributed by atoms with Crippen molar-refractivity contribution in [2.24, 2.45) is 5.73 Å². The van der Waals surface area contributed by atoms with Crippen LogP contribution in [0.3, 0.4) is 0 Å². The highest BCUT2D eigenvalue weighted by atomic mass is 35.5. The van der Waals surface area contributed by atoms with E-state index in [9.17, 15) is 4.39 Å². The third kappa shape index (κ3) is 3.38. The quantitative estimate of drug-likeness (QED) is 0.886. The summed E-state index contributed by atoms with van der Waals surface area (Å²) in [6, 6.07) is 2.53. The lowest BCUT2D eigenvalue weighted by Gasteiger charge is -2.16. The summed E-state index contributed by atoms with van der Waals surface area (Å²) in [4.78, 5) is 0. The second-order valence-corrected chi connectivity index (χ2v) is 3.21. The maximum Gasteiger partial charge on any atom is 0.164 e. The number of benzene rings is 1. The molecule has 0 bridgehead atoms. The Hall–Kier alpha value is -1.20. The van der Waals surface area contributed by atoms with E-state index in [2.05, 4.69) is 0 Å². The van der Waals surface area contributed by atoms with Crippen LogP contribution >= 0.6 is 12.4 Å². The van der Waals surface area contributed by atoms with Crippen LogP contribution in [-0.4, -0.2) is 28.0 Å². The molecule has 17 heavy (non-hydrogen) atoms. The zero-order chi connectivity index (χ0) is 12.1. The lowest BCUT2D eigenvalue weighted by molar-refractivity contribution is 0.343. The van der Waals surface area contributed by atoms with E-state index in [0.29, 0.717) is 22.8 Å². The molecular weight excluding hydrogens is 249 g/mol. The van der Waals surface area contributed by atoms with Gasteiger partial charge >= 0.3 is 0 Å². The SMILES string of the molecule is COc1cc(OC)c([C@@H](N)CF)cc1OC.Cl. The monoisotopic (exact) mass is 265 g/mol. The van der Waals surface area contributed by atoms with Crippen molar-refractivity contribution in [1.29, 1.82) is 0 Å². The van der Waals surface area contributed by atoms with E-state index in [4.69, 9.17) is 19.9 Å². The van der Waals surface area contributed by atoms with Gasteiger partial charge in [-0.15, -0.1) is 12.4 Å². The van der Waals surface area contributed by atoms with E-state index < -0.39 is 12.7 Å². The second-order valence-electron chi connectivity index (χ2n) is 3.21. The molecule has 0 fully saturated rings. The Labute approximate surface area is 106 Å². The molecule has 1 rings (SSSR count). The van der Waals surface area contributed by atoms with Crippen molar-refractivity contribution in [3.8, 4) is 17.2 Å². The molecule has 0 aromatic heterocycles. The zero-order valence-corrected chi connectivity index (χ0v) is 10.8. The third-order valence-electron chi connectivity index (χ3n) is 2.30. The summed E-state index contributed by atoms with van der Waals surface area (Å²) < 4.78 is 27.9. The fourth-order valence-electron chi connectivity index (χ4n) is 1.43. The molecule has 0 unspecified atom stereocenters. The highest BCUT2D eigenvalue weighted by molar-refractivity contribution is 5.85. The summed E-state index contributed by atoms with van der Waals surface area (Å²) in [5, 5.41) is 0. The van der Waals surface area contributed by atoms with Crippen LogP contribution in [0.4, 0.5) is 4.39 Å². The molecule has 0 radical (unpaired) electrons. The van der Waals surface area contributed by atoms with Crippen LogP contribution in [0.5, 0.6) is 17.2 Å². The van der Waals surface area contributed by atoms with Crippen molar-refractivity contribution < 1.29 is 18.6 Å². The minimum atomic E-state index is -0.727. The number of halogens is 2. The number of hydrogen-bond donors (Lipinski definition) is 1. The Morgan fingerprint density at radius 1 is 1.06 bits per heavy atom. The van der Waals surface area contributed by atoms with Crippen LogP contribution in [0, 0.1) is 0 Å². The predicted octanol–water partition coefficient (Wildman–Crippen LogP) is 2.10. The normalized spacial score (nSPS) is 11.4. The smallest absolute Gasteiger partial charge is 0.164 e. The zero-order valence-electron chi connectivity index (χ0n) is 10.0. The average Bonchev–Trinajstić information content (AvgIpc) is 2.35. The number of nitrogens with two attached hydrogens (primary N) is 1. The van der Waals surface area contributed by atoms with Gasteiger partial charge in [-0.25, -0.2) is 4.39 Å². The van der Waals surface area contributed by atoms with Gasteiger partial charge in [0.05, 0.1) is 27.4 Å². The molecule has 0 heterocycles. The van der Waals surface area contributed by atoms with Crippen LogP contribution in [0.1, 0.15) is 11.6 Å². The Balaban J connectivity index is 0.00000256. The molecule has 0 spiro atoms. The summed E-state index contributed by atoms with van der Waals surface area (Å²) in [7, 11) is 4.52. The maximum atomic E-state index is 12.6. The number of methoxy groups -OCH3 is 3. The van der Waals surface area contributed by atoms with E-state index >= 15 is 0 Å². The van der Waals surface area contributed by atoms with Crippen LogP contribution in [0.15, 0.2) is 12.1 Å². The first kappa shape index (κ1) is 15.8. The molecule has 1 atom stereocenters. The third-order valence-corrected chi connectivity index (χ3v) is 2.30. The molecule has 0 saturated carbocycles. The topological polar surface area (TPSA) is 53.7 Å². The van der Waals surface area contributed by atoms with Gasteiger partial charge in [-0.2, -0.15) is 0 Å². The minimum absolute atomic E-state index is 0. The van der Waals surface area contributed by atoms with Gasteiger partial charge in [0, 0.05) is 11.6 Å². The Bertz CT molecular complexity index is 363. The van der Waals surface area contributed by atoms with Crippen molar-refractivity contribution in [3.05, 3.63) is 17.7 Å². The van der Waals surface area contributed by atoms with Crippen LogP contribution in [-0.2, 0) is 0 Å². The Morgan fingerprint density at radius 3 is 1.94 bits per heavy atom. The molecule has 1 aromatic carbocycles. The second kappa shape index (κ2) is 7.19. The van der Waals surface area contributed by atoms with Gasteiger partial charge < -0.3 is 19.9 Å². The number of rotatable bonds is 5. The van der Waals surface area contributed by atoms with Gasteiger partial charge in [0.1, 0.15) is 12.4 Å². The Morgan fingerprint density at radius 2 is 1.53 bits per heavy atom. The first-order valence-electron chi connectivity index (χ1n) is 4.79. The number of ether oxygens (including phenoxy) is 3. The molecule has 4 nitrogen and oxygen atoms in total. The standard InChI is InChI=1S/C11H16FNO3.ClH/c1-14-9-5-11(16-3)10(15-2)4-7(9)8(13)6-12;/h4-5,8H,6,13H2,1-3H3;1H/t8-;/m0./s1. The van der Waals surface area contributed by atoms with Gasteiger partial charge in [-0.1, -0.05) is 0 Å². The van der Waals surface area contributed by atoms with E-state index in [1.807, 2.05) is 0 Å². The summed E-state index contributed by atoms with van der Waals surface area (Å²) in [6.07, 6.45) is 0. The van der Waals surface area contributed by atoms with Crippen molar-refractivity contribution in [2.75, 3.05) is 28.0 Å². The summed E-state index contributed by atoms with van der Waals surface area (Å²) in [5.41, 5.74) is 6.19. The maximum absolute atomic E-state index is 12.6. The largest absolute Gasteiger partial charge is 0.496 e. The molecule has 0 saturated heterocycles. The van der Waals surface area contributed by atoms with E-state index in [1.165, 1.54) is 21.3 Å². The molecule has 0 aliphatic rings. The van der Waals surface area contributed by atoms with Gasteiger partial charge in [0.15, 0.2) is 11.5 Å².